The van der Waals surface area contributed by atoms with Crippen molar-refractivity contribution in [3.05, 3.63) is 134 Å². The van der Waals surface area contributed by atoms with E-state index >= 15 is 0 Å². The van der Waals surface area contributed by atoms with Crippen molar-refractivity contribution in [3.8, 4) is 17.1 Å². The first-order chi connectivity index (χ1) is 23.3. The molecule has 3 nitrogen and oxygen atoms in total. The Bertz CT molecular complexity index is 2110. The molecule has 0 N–H and O–H groups in total. The number of anilines is 3. The summed E-state index contributed by atoms with van der Waals surface area (Å²) in [5, 5.41) is 0.640. The Morgan fingerprint density at radius 2 is 1.10 bits per heavy atom. The molecule has 1 aromatic heterocycles. The van der Waals surface area contributed by atoms with E-state index in [1.54, 1.807) is 0 Å². The van der Waals surface area contributed by atoms with Gasteiger partial charge in [-0.05, 0) is 122 Å². The Kier molecular flexibility index (Phi) is 9.37. The minimum Gasteiger partial charge on any atom is -0.309 e. The zero-order chi connectivity index (χ0) is 36.3. The van der Waals surface area contributed by atoms with E-state index in [1.165, 1.54) is 27.8 Å². The van der Waals surface area contributed by atoms with E-state index in [2.05, 4.69) is 199 Å². The van der Waals surface area contributed by atoms with Crippen molar-refractivity contribution >= 4 is 55.6 Å². The standard InChI is InChI=1S/C45H49BrClN3/c1-28-13-12-14-29(2)40(28)42-48-36-25-32(45(9,10)11)19-24-37(36)50(42)39-27-33(47)26-38(41(39)46)49(34-20-15-30(16-21-34)43(3,4)5)35-22-17-31(18-23-35)44(6,7)8/h12-27H,1-11H3. The van der Waals surface area contributed by atoms with Crippen LogP contribution in [0.3, 0.4) is 0 Å². The van der Waals surface area contributed by atoms with Crippen molar-refractivity contribution in [1.82, 2.24) is 9.55 Å². The van der Waals surface area contributed by atoms with Crippen LogP contribution in [0.5, 0.6) is 0 Å². The number of hydrogen-bond donors (Lipinski definition) is 0. The third-order valence-electron chi connectivity index (χ3n) is 9.69. The van der Waals surface area contributed by atoms with Crippen molar-refractivity contribution in [2.24, 2.45) is 0 Å². The fourth-order valence-electron chi connectivity index (χ4n) is 6.66. The van der Waals surface area contributed by atoms with Crippen LogP contribution in [0.2, 0.25) is 5.02 Å². The second-order valence-corrected chi connectivity index (χ2v) is 17.9. The van der Waals surface area contributed by atoms with Gasteiger partial charge in [0.25, 0.3) is 0 Å². The van der Waals surface area contributed by atoms with Crippen LogP contribution < -0.4 is 4.90 Å². The average Bonchev–Trinajstić information content (AvgIpc) is 3.40. The Hall–Kier alpha value is -3.86. The molecule has 0 aliphatic heterocycles. The van der Waals surface area contributed by atoms with E-state index in [0.29, 0.717) is 5.02 Å². The van der Waals surface area contributed by atoms with Gasteiger partial charge in [-0.15, -0.1) is 0 Å². The molecule has 0 fully saturated rings. The Balaban J connectivity index is 1.65. The highest BCUT2D eigenvalue weighted by atomic mass is 79.9. The number of halogens is 2. The van der Waals surface area contributed by atoms with Gasteiger partial charge in [0.2, 0.25) is 0 Å². The third kappa shape index (κ3) is 6.90. The van der Waals surface area contributed by atoms with Gasteiger partial charge in [0.1, 0.15) is 5.82 Å². The van der Waals surface area contributed by atoms with Gasteiger partial charge in [0.05, 0.1) is 26.9 Å². The normalized spacial score (nSPS) is 12.5. The van der Waals surface area contributed by atoms with Gasteiger partial charge in [-0.3, -0.25) is 4.57 Å². The number of benzene rings is 5. The quantitative estimate of drug-likeness (QED) is 0.175. The molecule has 1 heterocycles. The molecular weight excluding hydrogens is 698 g/mol. The maximum atomic E-state index is 7.14. The molecule has 6 aromatic rings. The number of hydrogen-bond acceptors (Lipinski definition) is 2. The highest BCUT2D eigenvalue weighted by molar-refractivity contribution is 9.10. The first-order valence-corrected chi connectivity index (χ1v) is 18.6. The number of imidazole rings is 1. The predicted molar refractivity (Wildman–Crippen MR) is 219 cm³/mol. The van der Waals surface area contributed by atoms with Gasteiger partial charge in [-0.25, -0.2) is 4.98 Å². The van der Waals surface area contributed by atoms with Crippen LogP contribution in [0, 0.1) is 13.8 Å². The zero-order valence-corrected chi connectivity index (χ0v) is 33.7. The second-order valence-electron chi connectivity index (χ2n) is 16.7. The van der Waals surface area contributed by atoms with E-state index in [0.717, 1.165) is 49.6 Å². The summed E-state index contributed by atoms with van der Waals surface area (Å²) in [5.74, 6) is 0.895. The van der Waals surface area contributed by atoms with Crippen molar-refractivity contribution in [3.63, 3.8) is 0 Å². The van der Waals surface area contributed by atoms with E-state index in [1.807, 2.05) is 0 Å². The summed E-state index contributed by atoms with van der Waals surface area (Å²) in [7, 11) is 0. The van der Waals surface area contributed by atoms with Crippen LogP contribution in [-0.4, -0.2) is 9.55 Å². The monoisotopic (exact) mass is 745 g/mol. The summed E-state index contributed by atoms with van der Waals surface area (Å²) in [6.07, 6.45) is 0. The van der Waals surface area contributed by atoms with E-state index in [9.17, 15) is 0 Å². The van der Waals surface area contributed by atoms with Gasteiger partial charge in [0, 0.05) is 22.0 Å². The predicted octanol–water partition coefficient (Wildman–Crippen LogP) is 14.1. The van der Waals surface area contributed by atoms with Crippen LogP contribution >= 0.6 is 27.5 Å². The van der Waals surface area contributed by atoms with Crippen LogP contribution in [-0.2, 0) is 16.2 Å². The van der Waals surface area contributed by atoms with Crippen molar-refractivity contribution in [1.29, 1.82) is 0 Å². The third-order valence-corrected chi connectivity index (χ3v) is 10.7. The fraction of sp³-hybridized carbons (Fsp3) is 0.311. The van der Waals surface area contributed by atoms with Crippen molar-refractivity contribution in [2.75, 3.05) is 4.90 Å². The molecule has 50 heavy (non-hydrogen) atoms. The van der Waals surface area contributed by atoms with Crippen molar-refractivity contribution < 1.29 is 0 Å². The molecule has 0 saturated carbocycles. The van der Waals surface area contributed by atoms with Crippen LogP contribution in [0.15, 0.2) is 102 Å². The maximum absolute atomic E-state index is 7.14. The summed E-state index contributed by atoms with van der Waals surface area (Å²) < 4.78 is 3.20. The topological polar surface area (TPSA) is 21.1 Å². The first-order valence-electron chi connectivity index (χ1n) is 17.4. The van der Waals surface area contributed by atoms with Gasteiger partial charge in [-0.1, -0.05) is 122 Å². The highest BCUT2D eigenvalue weighted by Crippen LogP contribution is 2.46. The van der Waals surface area contributed by atoms with Crippen LogP contribution in [0.4, 0.5) is 17.1 Å². The van der Waals surface area contributed by atoms with Gasteiger partial charge in [0.15, 0.2) is 0 Å². The Labute approximate surface area is 312 Å². The molecule has 0 unspecified atom stereocenters. The summed E-state index contributed by atoms with van der Waals surface area (Å²) in [4.78, 5) is 7.67. The molecule has 0 radical (unpaired) electrons. The molecule has 0 aliphatic rings. The molecule has 258 valence electrons. The average molecular weight is 747 g/mol. The molecule has 6 rings (SSSR count). The van der Waals surface area contributed by atoms with E-state index in [-0.39, 0.29) is 16.2 Å². The zero-order valence-electron chi connectivity index (χ0n) is 31.3. The number of fused-ring (bicyclic) bond motifs is 1. The smallest absolute Gasteiger partial charge is 0.146 e. The largest absolute Gasteiger partial charge is 0.309 e. The number of aromatic nitrogens is 2. The van der Waals surface area contributed by atoms with Gasteiger partial charge in [-0.2, -0.15) is 0 Å². The number of nitrogens with zero attached hydrogens (tertiary/aromatic N) is 3. The molecular formula is C45H49BrClN3. The minimum absolute atomic E-state index is 0.00784. The lowest BCUT2D eigenvalue weighted by Crippen LogP contribution is -2.15. The van der Waals surface area contributed by atoms with E-state index < -0.39 is 0 Å². The van der Waals surface area contributed by atoms with Crippen molar-refractivity contribution in [2.45, 2.75) is 92.4 Å². The minimum atomic E-state index is -0.00784. The van der Waals surface area contributed by atoms with Gasteiger partial charge >= 0.3 is 0 Å². The van der Waals surface area contributed by atoms with Crippen LogP contribution in [0.1, 0.15) is 90.1 Å². The Morgan fingerprint density at radius 1 is 0.620 bits per heavy atom. The molecule has 0 aliphatic carbocycles. The first kappa shape index (κ1) is 35.9. The summed E-state index contributed by atoms with van der Waals surface area (Å²) in [6, 6.07) is 35.0. The summed E-state index contributed by atoms with van der Waals surface area (Å²) >= 11 is 11.3. The fourth-order valence-corrected chi connectivity index (χ4v) is 7.45. The summed E-state index contributed by atoms with van der Waals surface area (Å²) in [6.45, 7) is 24.5. The molecule has 0 bridgehead atoms. The highest BCUT2D eigenvalue weighted by Gasteiger charge is 2.26. The number of rotatable bonds is 5. The molecule has 5 heteroatoms. The van der Waals surface area contributed by atoms with E-state index in [4.69, 9.17) is 16.6 Å². The summed E-state index contributed by atoms with van der Waals surface area (Å²) in [5.41, 5.74) is 13.3. The van der Waals surface area contributed by atoms with Crippen LogP contribution in [0.25, 0.3) is 28.1 Å². The molecule has 0 saturated heterocycles. The number of aryl methyl sites for hydroxylation is 2. The SMILES string of the molecule is Cc1cccc(C)c1-c1nc2cc(C(C)(C)C)ccc2n1-c1cc(Cl)cc(N(c2ccc(C(C)(C)C)cc2)c2ccc(C(C)(C)C)cc2)c1Br. The lowest BCUT2D eigenvalue weighted by molar-refractivity contribution is 0.590. The lowest BCUT2D eigenvalue weighted by atomic mass is 9.86. The molecule has 0 atom stereocenters. The Morgan fingerprint density at radius 3 is 1.58 bits per heavy atom. The molecule has 0 spiro atoms. The second kappa shape index (κ2) is 13.0. The molecule has 5 aromatic carbocycles. The van der Waals surface area contributed by atoms with Gasteiger partial charge < -0.3 is 4.90 Å². The molecule has 0 amide bonds. The maximum Gasteiger partial charge on any atom is 0.146 e. The lowest BCUT2D eigenvalue weighted by Gasteiger charge is -2.30.